The molecule has 108 valence electrons. The van der Waals surface area contributed by atoms with Crippen LogP contribution in [-0.4, -0.2) is 38.2 Å². The molecule has 2 atom stereocenters. The first-order valence-corrected chi connectivity index (χ1v) is 8.28. The molecule has 2 unspecified atom stereocenters. The zero-order chi connectivity index (χ0) is 14.3. The van der Waals surface area contributed by atoms with E-state index < -0.39 is 22.0 Å². The minimum Gasteiger partial charge on any atom is -0.390 e. The molecule has 1 aromatic carbocycles. The molecule has 0 spiro atoms. The van der Waals surface area contributed by atoms with Crippen molar-refractivity contribution in [1.29, 1.82) is 0 Å². The van der Waals surface area contributed by atoms with E-state index in [0.29, 0.717) is 12.8 Å². The number of aliphatic hydroxyl groups is 1. The lowest BCUT2D eigenvalue weighted by atomic mass is 10.0. The van der Waals surface area contributed by atoms with Crippen molar-refractivity contribution < 1.29 is 18.3 Å². The third kappa shape index (κ3) is 5.30. The quantitative estimate of drug-likeness (QED) is 0.793. The number of benzene rings is 1. The summed E-state index contributed by atoms with van der Waals surface area (Å²) in [6.45, 7) is 1.63. The van der Waals surface area contributed by atoms with Gasteiger partial charge in [-0.3, -0.25) is 0 Å². The second kappa shape index (κ2) is 7.62. The normalized spacial score (nSPS) is 15.1. The Hall–Kier alpha value is -0.910. The van der Waals surface area contributed by atoms with Gasteiger partial charge < -0.3 is 9.84 Å². The second-order valence-electron chi connectivity index (χ2n) is 4.51. The maximum absolute atomic E-state index is 11.4. The van der Waals surface area contributed by atoms with E-state index >= 15 is 0 Å². The van der Waals surface area contributed by atoms with E-state index in [2.05, 4.69) is 0 Å². The Bertz CT molecular complexity index is 456. The number of aliphatic hydroxyl groups excluding tert-OH is 1. The van der Waals surface area contributed by atoms with Gasteiger partial charge in [0.1, 0.15) is 15.9 Å². The maximum Gasteiger partial charge on any atom is 0.150 e. The zero-order valence-corrected chi connectivity index (χ0v) is 12.3. The predicted octanol–water partition coefficient (Wildman–Crippen LogP) is 1.95. The summed E-state index contributed by atoms with van der Waals surface area (Å²) >= 11 is 0. The molecule has 0 bridgehead atoms. The largest absolute Gasteiger partial charge is 0.390 e. The third-order valence-electron chi connectivity index (χ3n) is 3.13. The number of methoxy groups -OCH3 is 1. The summed E-state index contributed by atoms with van der Waals surface area (Å²) in [6, 6.07) is 9.45. The highest BCUT2D eigenvalue weighted by molar-refractivity contribution is 7.91. The van der Waals surface area contributed by atoms with Gasteiger partial charge in [-0.15, -0.1) is 0 Å². The highest BCUT2D eigenvalue weighted by Gasteiger charge is 2.21. The Balaban J connectivity index is 2.54. The van der Waals surface area contributed by atoms with Crippen molar-refractivity contribution in [3.8, 4) is 0 Å². The summed E-state index contributed by atoms with van der Waals surface area (Å²) in [6.07, 6.45) is -0.249. The summed E-state index contributed by atoms with van der Waals surface area (Å²) in [4.78, 5) is 0. The standard InChI is InChI=1S/C14H22O4S/c1-3-19(16,17)11-7-10-13(15)14(18-2)12-8-5-4-6-9-12/h4-6,8-9,13-15H,3,7,10-11H2,1-2H3. The average molecular weight is 286 g/mol. The van der Waals surface area contributed by atoms with Gasteiger partial charge in [-0.1, -0.05) is 37.3 Å². The van der Waals surface area contributed by atoms with Crippen molar-refractivity contribution in [3.63, 3.8) is 0 Å². The van der Waals surface area contributed by atoms with Gasteiger partial charge in [-0.05, 0) is 18.4 Å². The van der Waals surface area contributed by atoms with Gasteiger partial charge in [0.15, 0.2) is 0 Å². The SMILES string of the molecule is CCS(=O)(=O)CCCC(O)C(OC)c1ccccc1. The lowest BCUT2D eigenvalue weighted by Gasteiger charge is -2.22. The van der Waals surface area contributed by atoms with E-state index in [4.69, 9.17) is 4.74 Å². The van der Waals surface area contributed by atoms with Gasteiger partial charge in [0.25, 0.3) is 0 Å². The van der Waals surface area contributed by atoms with Crippen LogP contribution >= 0.6 is 0 Å². The van der Waals surface area contributed by atoms with Crippen LogP contribution in [0.3, 0.4) is 0 Å². The minimum atomic E-state index is -2.96. The molecule has 0 aromatic heterocycles. The summed E-state index contributed by atoms with van der Waals surface area (Å²) in [5.74, 6) is 0.265. The van der Waals surface area contributed by atoms with Crippen LogP contribution in [0, 0.1) is 0 Å². The monoisotopic (exact) mass is 286 g/mol. The summed E-state index contributed by atoms with van der Waals surface area (Å²) in [5.41, 5.74) is 0.899. The molecule has 0 saturated heterocycles. The fourth-order valence-corrected chi connectivity index (χ4v) is 2.86. The van der Waals surface area contributed by atoms with Crippen LogP contribution in [0.1, 0.15) is 31.4 Å². The lowest BCUT2D eigenvalue weighted by molar-refractivity contribution is -0.0174. The fraction of sp³-hybridized carbons (Fsp3) is 0.571. The Morgan fingerprint density at radius 3 is 2.42 bits per heavy atom. The number of ether oxygens (including phenoxy) is 1. The van der Waals surface area contributed by atoms with E-state index in [1.165, 1.54) is 0 Å². The van der Waals surface area contributed by atoms with Crippen LogP contribution in [0.4, 0.5) is 0 Å². The average Bonchev–Trinajstić information content (AvgIpc) is 2.40. The van der Waals surface area contributed by atoms with Crippen molar-refractivity contribution >= 4 is 9.84 Å². The predicted molar refractivity (Wildman–Crippen MR) is 75.8 cm³/mol. The van der Waals surface area contributed by atoms with Gasteiger partial charge in [-0.2, -0.15) is 0 Å². The molecule has 0 aliphatic carbocycles. The summed E-state index contributed by atoms with van der Waals surface area (Å²) < 4.78 is 28.1. The highest BCUT2D eigenvalue weighted by atomic mass is 32.2. The van der Waals surface area contributed by atoms with Crippen molar-refractivity contribution in [2.75, 3.05) is 18.6 Å². The van der Waals surface area contributed by atoms with Crippen LogP contribution in [0.25, 0.3) is 0 Å². The molecule has 0 fully saturated rings. The van der Waals surface area contributed by atoms with Crippen molar-refractivity contribution in [3.05, 3.63) is 35.9 Å². The van der Waals surface area contributed by atoms with Gasteiger partial charge in [-0.25, -0.2) is 8.42 Å². The fourth-order valence-electron chi connectivity index (χ4n) is 1.97. The molecule has 0 aliphatic heterocycles. The van der Waals surface area contributed by atoms with Crippen LogP contribution < -0.4 is 0 Å². The Labute approximate surface area is 115 Å². The van der Waals surface area contributed by atoms with E-state index in [0.717, 1.165) is 5.56 Å². The summed E-state index contributed by atoms with van der Waals surface area (Å²) in [7, 11) is -1.42. The molecule has 0 amide bonds. The zero-order valence-electron chi connectivity index (χ0n) is 11.5. The smallest absolute Gasteiger partial charge is 0.150 e. The molecular weight excluding hydrogens is 264 g/mol. The molecule has 4 nitrogen and oxygen atoms in total. The van der Waals surface area contributed by atoms with Crippen molar-refractivity contribution in [1.82, 2.24) is 0 Å². The number of sulfone groups is 1. The van der Waals surface area contributed by atoms with E-state index in [9.17, 15) is 13.5 Å². The second-order valence-corrected chi connectivity index (χ2v) is 6.99. The third-order valence-corrected chi connectivity index (χ3v) is 4.92. The molecule has 1 rings (SSSR count). The van der Waals surface area contributed by atoms with Gasteiger partial charge in [0, 0.05) is 12.9 Å². The number of hydrogen-bond donors (Lipinski definition) is 1. The summed E-state index contributed by atoms with van der Waals surface area (Å²) in [5, 5.41) is 10.1. The maximum atomic E-state index is 11.4. The molecule has 0 saturated carbocycles. The number of rotatable bonds is 8. The number of hydrogen-bond acceptors (Lipinski definition) is 4. The molecule has 19 heavy (non-hydrogen) atoms. The molecular formula is C14H22O4S. The topological polar surface area (TPSA) is 63.6 Å². The van der Waals surface area contributed by atoms with E-state index in [1.807, 2.05) is 30.3 Å². The van der Waals surface area contributed by atoms with Crippen LogP contribution in [0.2, 0.25) is 0 Å². The molecule has 0 heterocycles. The minimum absolute atomic E-state index is 0.117. The van der Waals surface area contributed by atoms with Crippen molar-refractivity contribution in [2.24, 2.45) is 0 Å². The Morgan fingerprint density at radius 1 is 1.26 bits per heavy atom. The van der Waals surface area contributed by atoms with Crippen LogP contribution in [0.5, 0.6) is 0 Å². The first kappa shape index (κ1) is 16.1. The van der Waals surface area contributed by atoms with Crippen LogP contribution in [-0.2, 0) is 14.6 Å². The Morgan fingerprint density at radius 2 is 1.89 bits per heavy atom. The first-order chi connectivity index (χ1) is 9.00. The van der Waals surface area contributed by atoms with Gasteiger partial charge >= 0.3 is 0 Å². The molecule has 0 aliphatic rings. The van der Waals surface area contributed by atoms with Crippen LogP contribution in [0.15, 0.2) is 30.3 Å². The van der Waals surface area contributed by atoms with E-state index in [-0.39, 0.29) is 11.5 Å². The Kier molecular flexibility index (Phi) is 6.48. The molecule has 1 N–H and O–H groups in total. The molecule has 1 aromatic rings. The van der Waals surface area contributed by atoms with Crippen molar-refractivity contribution in [2.45, 2.75) is 32.0 Å². The molecule has 5 heteroatoms. The first-order valence-electron chi connectivity index (χ1n) is 6.46. The highest BCUT2D eigenvalue weighted by Crippen LogP contribution is 2.23. The van der Waals surface area contributed by atoms with E-state index in [1.54, 1.807) is 14.0 Å². The lowest BCUT2D eigenvalue weighted by Crippen LogP contribution is -2.21. The molecule has 0 radical (unpaired) electrons. The van der Waals surface area contributed by atoms with Gasteiger partial charge in [0.05, 0.1) is 11.9 Å². The van der Waals surface area contributed by atoms with Gasteiger partial charge in [0.2, 0.25) is 0 Å².